The van der Waals surface area contributed by atoms with Crippen molar-refractivity contribution in [3.05, 3.63) is 53.1 Å². The van der Waals surface area contributed by atoms with Crippen molar-refractivity contribution in [1.82, 2.24) is 0 Å². The lowest BCUT2D eigenvalue weighted by Crippen LogP contribution is -2.20. The third-order valence-corrected chi connectivity index (χ3v) is 4.76. The predicted molar refractivity (Wildman–Crippen MR) is 89.5 cm³/mol. The minimum absolute atomic E-state index is 0.114. The average Bonchev–Trinajstić information content (AvgIpc) is 2.53. The van der Waals surface area contributed by atoms with Crippen molar-refractivity contribution < 1.29 is 18.0 Å². The van der Waals surface area contributed by atoms with Crippen molar-refractivity contribution in [2.75, 3.05) is 5.75 Å². The predicted octanol–water partition coefficient (Wildman–Crippen LogP) is 1.85. The number of hydrogen-bond donors (Lipinski definition) is 1. The molecule has 0 aliphatic carbocycles. The third-order valence-electron chi connectivity index (χ3n) is 3.22. The van der Waals surface area contributed by atoms with Crippen molar-refractivity contribution in [2.24, 2.45) is 5.73 Å². The Morgan fingerprint density at radius 3 is 2.48 bits per heavy atom. The van der Waals surface area contributed by atoms with Crippen LogP contribution >= 0.6 is 0 Å². The molecule has 0 amide bonds. The molecule has 0 saturated carbocycles. The SMILES string of the molecule is CCCCC(=O)C=CCS(=O)(=O)C(=[N+]=[N-])c1ccc(CN)cc1. The molecule has 0 aliphatic heterocycles. The maximum atomic E-state index is 12.2. The van der Waals surface area contributed by atoms with Gasteiger partial charge in [0, 0.05) is 13.0 Å². The highest BCUT2D eigenvalue weighted by atomic mass is 32.2. The fraction of sp³-hybridized carbons (Fsp3) is 0.375. The van der Waals surface area contributed by atoms with Gasteiger partial charge in [0.2, 0.25) is 0 Å². The summed E-state index contributed by atoms with van der Waals surface area (Å²) >= 11 is 0. The van der Waals surface area contributed by atoms with Crippen LogP contribution in [0.3, 0.4) is 0 Å². The summed E-state index contributed by atoms with van der Waals surface area (Å²) in [6.45, 7) is 2.31. The fourth-order valence-corrected chi connectivity index (χ4v) is 3.03. The van der Waals surface area contributed by atoms with E-state index in [2.05, 4.69) is 4.79 Å². The van der Waals surface area contributed by atoms with Gasteiger partial charge in [-0.05, 0) is 30.2 Å². The quantitative estimate of drug-likeness (QED) is 0.257. The molecule has 1 rings (SSSR count). The Kier molecular flexibility index (Phi) is 7.54. The lowest BCUT2D eigenvalue weighted by atomic mass is 10.1. The number of carbonyl (C=O) groups excluding carboxylic acids is 1. The van der Waals surface area contributed by atoms with Gasteiger partial charge >= 0.3 is 5.04 Å². The van der Waals surface area contributed by atoms with Gasteiger partial charge in [-0.2, -0.15) is 4.79 Å². The summed E-state index contributed by atoms with van der Waals surface area (Å²) in [5, 5.41) is -0.424. The van der Waals surface area contributed by atoms with Crippen LogP contribution in [0.1, 0.15) is 37.3 Å². The van der Waals surface area contributed by atoms with Crippen molar-refractivity contribution in [3.63, 3.8) is 0 Å². The Balaban J connectivity index is 2.85. The molecule has 124 valence electrons. The van der Waals surface area contributed by atoms with Gasteiger partial charge in [-0.15, -0.1) is 0 Å². The summed E-state index contributed by atoms with van der Waals surface area (Å²) in [5.74, 6) is -0.514. The zero-order valence-corrected chi connectivity index (χ0v) is 13.9. The molecule has 1 aromatic carbocycles. The van der Waals surface area contributed by atoms with E-state index >= 15 is 0 Å². The average molecular weight is 335 g/mol. The largest absolute Gasteiger partial charge is 0.412 e. The minimum atomic E-state index is -3.83. The second-order valence-corrected chi connectivity index (χ2v) is 7.01. The number of carbonyl (C=O) groups is 1. The third kappa shape index (κ3) is 5.90. The van der Waals surface area contributed by atoms with E-state index in [0.717, 1.165) is 18.4 Å². The highest BCUT2D eigenvalue weighted by Crippen LogP contribution is 2.09. The second-order valence-electron chi connectivity index (χ2n) is 5.06. The number of ketones is 1. The van der Waals surface area contributed by atoms with Gasteiger partial charge in [-0.3, -0.25) is 4.79 Å². The summed E-state index contributed by atoms with van der Waals surface area (Å²) < 4.78 is 24.5. The molecule has 0 aliphatic rings. The second kappa shape index (κ2) is 9.15. The summed E-state index contributed by atoms with van der Waals surface area (Å²) in [6, 6.07) is 6.40. The van der Waals surface area contributed by atoms with E-state index in [4.69, 9.17) is 11.3 Å². The number of allylic oxidation sites excluding steroid dienone is 1. The van der Waals surface area contributed by atoms with Crippen LogP contribution < -0.4 is 5.73 Å². The maximum absolute atomic E-state index is 12.2. The molecule has 0 unspecified atom stereocenters. The zero-order valence-electron chi connectivity index (χ0n) is 13.1. The van der Waals surface area contributed by atoms with Gasteiger partial charge in [0.25, 0.3) is 9.84 Å². The first-order valence-corrected chi connectivity index (χ1v) is 9.03. The lowest BCUT2D eigenvalue weighted by molar-refractivity contribution is -0.114. The maximum Gasteiger partial charge on any atom is 0.412 e. The van der Waals surface area contributed by atoms with E-state index in [1.54, 1.807) is 12.1 Å². The van der Waals surface area contributed by atoms with Gasteiger partial charge in [0.1, 0.15) is 0 Å². The van der Waals surface area contributed by atoms with Crippen LogP contribution in [-0.2, 0) is 21.2 Å². The highest BCUT2D eigenvalue weighted by Gasteiger charge is 2.28. The van der Waals surface area contributed by atoms with E-state index in [0.29, 0.717) is 13.0 Å². The number of unbranched alkanes of at least 4 members (excludes halogenated alkanes) is 1. The van der Waals surface area contributed by atoms with Gasteiger partial charge in [-0.25, -0.2) is 8.42 Å². The fourth-order valence-electron chi connectivity index (χ4n) is 1.90. The van der Waals surface area contributed by atoms with Gasteiger partial charge in [-0.1, -0.05) is 31.6 Å². The molecule has 0 saturated heterocycles. The standard InChI is InChI=1S/C16H21N3O3S/c1-2-3-5-15(20)6-4-11-23(21,22)16(19-18)14-9-7-13(12-17)8-10-14/h4,6-10H,2-3,5,11-12,17H2,1H3. The normalized spacial score (nSPS) is 11.4. The van der Waals surface area contributed by atoms with Crippen LogP contribution in [-0.4, -0.2) is 29.8 Å². The van der Waals surface area contributed by atoms with E-state index < -0.39 is 20.6 Å². The molecule has 0 bridgehead atoms. The number of hydrogen-bond acceptors (Lipinski definition) is 4. The Morgan fingerprint density at radius 2 is 1.96 bits per heavy atom. The zero-order chi connectivity index (χ0) is 17.3. The van der Waals surface area contributed by atoms with E-state index in [1.807, 2.05) is 6.92 Å². The molecule has 1 aromatic rings. The Hall–Kier alpha value is -2.08. The number of nitrogens with two attached hydrogens (primary N) is 1. The summed E-state index contributed by atoms with van der Waals surface area (Å²) in [7, 11) is -3.83. The molecule has 0 heterocycles. The van der Waals surface area contributed by atoms with Crippen LogP contribution in [0.2, 0.25) is 0 Å². The van der Waals surface area contributed by atoms with Gasteiger partial charge < -0.3 is 11.3 Å². The first-order chi connectivity index (χ1) is 10.9. The van der Waals surface area contributed by atoms with Crippen LogP contribution in [0.25, 0.3) is 5.53 Å². The summed E-state index contributed by atoms with van der Waals surface area (Å²) in [4.78, 5) is 14.4. The van der Waals surface area contributed by atoms with Crippen molar-refractivity contribution >= 4 is 20.7 Å². The molecule has 6 nitrogen and oxygen atoms in total. The van der Waals surface area contributed by atoms with Crippen molar-refractivity contribution in [3.8, 4) is 0 Å². The number of benzene rings is 1. The molecule has 0 fully saturated rings. The minimum Gasteiger partial charge on any atom is -0.360 e. The van der Waals surface area contributed by atoms with Crippen LogP contribution in [0.4, 0.5) is 0 Å². The first-order valence-electron chi connectivity index (χ1n) is 7.38. The molecule has 0 spiro atoms. The number of rotatable bonds is 8. The van der Waals surface area contributed by atoms with Gasteiger partial charge in [0.15, 0.2) is 5.78 Å². The van der Waals surface area contributed by atoms with Crippen molar-refractivity contribution in [2.45, 2.75) is 32.7 Å². The molecular weight excluding hydrogens is 314 g/mol. The molecule has 23 heavy (non-hydrogen) atoms. The topological polar surface area (TPSA) is 114 Å². The number of nitrogens with zero attached hydrogens (tertiary/aromatic N) is 2. The number of sulfone groups is 1. The smallest absolute Gasteiger partial charge is 0.360 e. The first kappa shape index (κ1) is 19.0. The summed E-state index contributed by atoms with van der Waals surface area (Å²) in [6.07, 6.45) is 4.62. The molecule has 7 heteroatoms. The lowest BCUT2D eigenvalue weighted by Gasteiger charge is -2.00. The van der Waals surface area contributed by atoms with E-state index in [9.17, 15) is 13.2 Å². The van der Waals surface area contributed by atoms with Crippen LogP contribution in [0, 0.1) is 0 Å². The van der Waals surface area contributed by atoms with Crippen LogP contribution in [0.5, 0.6) is 0 Å². The molecule has 2 N–H and O–H groups in total. The summed E-state index contributed by atoms with van der Waals surface area (Å²) in [5.41, 5.74) is 15.7. The highest BCUT2D eigenvalue weighted by molar-refractivity contribution is 8.06. The van der Waals surface area contributed by atoms with E-state index in [-0.39, 0.29) is 11.3 Å². The van der Waals surface area contributed by atoms with E-state index in [1.165, 1.54) is 24.3 Å². The monoisotopic (exact) mass is 335 g/mol. The molecule has 0 radical (unpaired) electrons. The molecular formula is C16H21N3O3S. The Bertz CT molecular complexity index is 715. The Labute approximate surface area is 136 Å². The Morgan fingerprint density at radius 1 is 1.30 bits per heavy atom. The molecule has 0 aromatic heterocycles. The van der Waals surface area contributed by atoms with Crippen LogP contribution in [0.15, 0.2) is 36.4 Å². The molecule has 0 atom stereocenters. The van der Waals surface area contributed by atoms with Gasteiger partial charge in [0.05, 0.1) is 11.3 Å². The van der Waals surface area contributed by atoms with Crippen molar-refractivity contribution in [1.29, 1.82) is 0 Å².